The van der Waals surface area contributed by atoms with Crippen molar-refractivity contribution >= 4 is 33.2 Å². The summed E-state index contributed by atoms with van der Waals surface area (Å²) in [6.45, 7) is 3.39. The summed E-state index contributed by atoms with van der Waals surface area (Å²) < 4.78 is 66.7. The third kappa shape index (κ3) is 5.28. The first-order valence-corrected chi connectivity index (χ1v) is 12.9. The van der Waals surface area contributed by atoms with E-state index in [0.29, 0.717) is 34.8 Å². The lowest BCUT2D eigenvalue weighted by molar-refractivity contribution is -0.214. The van der Waals surface area contributed by atoms with E-state index in [1.165, 1.54) is 42.6 Å². The molecule has 0 N–H and O–H groups in total. The second kappa shape index (κ2) is 10.3. The summed E-state index contributed by atoms with van der Waals surface area (Å²) in [5, 5.41) is 0.320. The van der Waals surface area contributed by atoms with Gasteiger partial charge in [0.2, 0.25) is 0 Å². The highest BCUT2D eigenvalue weighted by molar-refractivity contribution is 7.90. The van der Waals surface area contributed by atoms with Crippen LogP contribution < -0.4 is 4.89 Å². The van der Waals surface area contributed by atoms with Gasteiger partial charge in [0.25, 0.3) is 10.0 Å². The largest absolute Gasteiger partial charge is 0.416 e. The molecule has 3 aromatic carbocycles. The minimum absolute atomic E-state index is 0.0941. The molecule has 7 nitrogen and oxygen atoms in total. The number of hydrogen-bond donors (Lipinski definition) is 0. The van der Waals surface area contributed by atoms with Crippen LogP contribution in [0.15, 0.2) is 71.8 Å². The Bertz CT molecular complexity index is 1620. The molecular weight excluding hydrogens is 523 g/mol. The van der Waals surface area contributed by atoms with Crippen molar-refractivity contribution in [2.75, 3.05) is 0 Å². The molecule has 4 rings (SSSR count). The van der Waals surface area contributed by atoms with Crippen molar-refractivity contribution in [3.05, 3.63) is 83.6 Å². The number of alkyl halides is 3. The molecule has 0 aliphatic rings. The maximum absolute atomic E-state index is 13.5. The maximum atomic E-state index is 13.5. The Hall–Kier alpha value is -4.12. The van der Waals surface area contributed by atoms with Crippen LogP contribution in [0, 0.1) is 6.92 Å². The summed E-state index contributed by atoms with van der Waals surface area (Å²) in [5.41, 5.74) is 0.898. The second-order valence-electron chi connectivity index (χ2n) is 8.53. The van der Waals surface area contributed by atoms with E-state index in [-0.39, 0.29) is 28.1 Å². The average Bonchev–Trinajstić information content (AvgIpc) is 3.26. The van der Waals surface area contributed by atoms with E-state index >= 15 is 0 Å². The normalized spacial score (nSPS) is 11.9. The standard InChI is InChI=1S/C27H22F3NO6S/c1-3-4-26(33)37-36-25-12-10-22(13-17(25)2)38(34,35)31-15-20(16-32)23-14-19(7-11-24(23)31)18-5-8-21(9-6-18)27(28,29)30/h5-16H,3-4H2,1-2H3. The fourth-order valence-electron chi connectivity index (χ4n) is 3.88. The number of nitrogens with zero attached hydrogens (tertiary/aromatic N) is 1. The number of carbonyl (C=O) groups is 2. The van der Waals surface area contributed by atoms with Gasteiger partial charge in [0, 0.05) is 23.6 Å². The molecule has 0 atom stereocenters. The molecular formula is C27H22F3NO6S. The predicted octanol–water partition coefficient (Wildman–Crippen LogP) is 6.32. The molecule has 38 heavy (non-hydrogen) atoms. The van der Waals surface area contributed by atoms with Crippen LogP contribution in [-0.2, 0) is 25.9 Å². The summed E-state index contributed by atoms with van der Waals surface area (Å²) in [5.74, 6) is -0.389. The molecule has 4 aromatic rings. The van der Waals surface area contributed by atoms with Gasteiger partial charge in [-0.15, -0.1) is 0 Å². The average molecular weight is 546 g/mol. The molecule has 0 fully saturated rings. The SMILES string of the molecule is CCCC(=O)OOc1ccc(S(=O)(=O)n2cc(C=O)c3cc(-c4ccc(C(F)(F)F)cc4)ccc32)cc1C. The van der Waals surface area contributed by atoms with E-state index in [0.717, 1.165) is 16.1 Å². The zero-order valence-electron chi connectivity index (χ0n) is 20.3. The number of aldehydes is 1. The van der Waals surface area contributed by atoms with Crippen LogP contribution in [0.2, 0.25) is 0 Å². The minimum atomic E-state index is -4.47. The highest BCUT2D eigenvalue weighted by atomic mass is 32.2. The van der Waals surface area contributed by atoms with Crippen LogP contribution in [0.3, 0.4) is 0 Å². The molecule has 1 aromatic heterocycles. The number of carbonyl (C=O) groups excluding carboxylic acids is 2. The first-order valence-electron chi connectivity index (χ1n) is 11.5. The number of halogens is 3. The summed E-state index contributed by atoms with van der Waals surface area (Å²) in [6, 6.07) is 13.1. The van der Waals surface area contributed by atoms with Gasteiger partial charge in [-0.05, 0) is 72.5 Å². The minimum Gasteiger partial charge on any atom is -0.298 e. The fraction of sp³-hybridized carbons (Fsp3) is 0.185. The molecule has 0 spiro atoms. The van der Waals surface area contributed by atoms with Gasteiger partial charge in [0.05, 0.1) is 16.0 Å². The molecule has 0 bridgehead atoms. The number of rotatable bonds is 8. The Morgan fingerprint density at radius 2 is 1.68 bits per heavy atom. The van der Waals surface area contributed by atoms with Gasteiger partial charge in [0.15, 0.2) is 12.0 Å². The number of benzene rings is 3. The monoisotopic (exact) mass is 545 g/mol. The zero-order chi connectivity index (χ0) is 27.7. The van der Waals surface area contributed by atoms with Crippen molar-refractivity contribution in [3.8, 4) is 16.9 Å². The first kappa shape index (κ1) is 26.9. The van der Waals surface area contributed by atoms with Crippen LogP contribution in [0.1, 0.15) is 41.3 Å². The lowest BCUT2D eigenvalue weighted by Gasteiger charge is -2.11. The van der Waals surface area contributed by atoms with Gasteiger partial charge in [-0.3, -0.25) is 14.6 Å². The molecule has 0 aliphatic carbocycles. The van der Waals surface area contributed by atoms with E-state index in [9.17, 15) is 31.2 Å². The van der Waals surface area contributed by atoms with Gasteiger partial charge in [-0.2, -0.15) is 13.2 Å². The van der Waals surface area contributed by atoms with E-state index in [2.05, 4.69) is 0 Å². The van der Waals surface area contributed by atoms with Crippen LogP contribution in [0.5, 0.6) is 5.75 Å². The third-order valence-electron chi connectivity index (χ3n) is 5.86. The van der Waals surface area contributed by atoms with Crippen molar-refractivity contribution in [2.24, 2.45) is 0 Å². The van der Waals surface area contributed by atoms with Gasteiger partial charge < -0.3 is 0 Å². The lowest BCUT2D eigenvalue weighted by atomic mass is 10.0. The van der Waals surface area contributed by atoms with Crippen LogP contribution in [-0.4, -0.2) is 24.6 Å². The fourth-order valence-corrected chi connectivity index (χ4v) is 5.34. The summed E-state index contributed by atoms with van der Waals surface area (Å²) in [4.78, 5) is 33.0. The molecule has 0 radical (unpaired) electrons. The van der Waals surface area contributed by atoms with Gasteiger partial charge in [-0.1, -0.05) is 25.1 Å². The maximum Gasteiger partial charge on any atom is 0.416 e. The second-order valence-corrected chi connectivity index (χ2v) is 10.3. The van der Waals surface area contributed by atoms with Gasteiger partial charge in [0.1, 0.15) is 0 Å². The Morgan fingerprint density at radius 3 is 2.29 bits per heavy atom. The van der Waals surface area contributed by atoms with E-state index in [1.54, 1.807) is 19.1 Å². The summed E-state index contributed by atoms with van der Waals surface area (Å²) in [7, 11) is -4.16. The van der Waals surface area contributed by atoms with Crippen LogP contribution in [0.4, 0.5) is 13.2 Å². The van der Waals surface area contributed by atoms with Crippen LogP contribution >= 0.6 is 0 Å². The molecule has 1 heterocycles. The van der Waals surface area contributed by atoms with Crippen molar-refractivity contribution in [1.29, 1.82) is 0 Å². The number of aromatic nitrogens is 1. The van der Waals surface area contributed by atoms with Crippen LogP contribution in [0.25, 0.3) is 22.0 Å². The van der Waals surface area contributed by atoms with Gasteiger partial charge >= 0.3 is 12.1 Å². The van der Waals surface area contributed by atoms with E-state index < -0.39 is 27.7 Å². The third-order valence-corrected chi connectivity index (χ3v) is 7.53. The highest BCUT2D eigenvalue weighted by Gasteiger charge is 2.30. The first-order chi connectivity index (χ1) is 18.0. The topological polar surface area (TPSA) is 91.7 Å². The molecule has 0 saturated carbocycles. The summed E-state index contributed by atoms with van der Waals surface area (Å²) in [6.07, 6.45) is -2.02. The molecule has 0 amide bonds. The Kier molecular flexibility index (Phi) is 7.32. The molecule has 0 unspecified atom stereocenters. The predicted molar refractivity (Wildman–Crippen MR) is 133 cm³/mol. The number of aryl methyl sites for hydroxylation is 1. The van der Waals surface area contributed by atoms with Crippen molar-refractivity contribution in [3.63, 3.8) is 0 Å². The quantitative estimate of drug-likeness (QED) is 0.146. The molecule has 11 heteroatoms. The van der Waals surface area contributed by atoms with Gasteiger partial charge in [-0.25, -0.2) is 17.2 Å². The highest BCUT2D eigenvalue weighted by Crippen LogP contribution is 2.34. The molecule has 198 valence electrons. The van der Waals surface area contributed by atoms with E-state index in [4.69, 9.17) is 9.78 Å². The Balaban J connectivity index is 1.69. The molecule has 0 aliphatic heterocycles. The zero-order valence-corrected chi connectivity index (χ0v) is 21.1. The van der Waals surface area contributed by atoms with Crippen molar-refractivity contribution in [1.82, 2.24) is 3.97 Å². The van der Waals surface area contributed by atoms with Crippen molar-refractivity contribution < 1.29 is 41.0 Å². The molecule has 0 saturated heterocycles. The van der Waals surface area contributed by atoms with E-state index in [1.807, 2.05) is 6.92 Å². The Labute approximate surface area is 216 Å². The number of hydrogen-bond acceptors (Lipinski definition) is 6. The summed E-state index contributed by atoms with van der Waals surface area (Å²) >= 11 is 0. The number of fused-ring (bicyclic) bond motifs is 1. The lowest BCUT2D eigenvalue weighted by Crippen LogP contribution is -2.13. The van der Waals surface area contributed by atoms with Crippen molar-refractivity contribution in [2.45, 2.75) is 37.8 Å². The smallest absolute Gasteiger partial charge is 0.298 e. The Morgan fingerprint density at radius 1 is 1.00 bits per heavy atom.